The molecule has 0 heterocycles. The number of benzene rings is 1. The lowest BCUT2D eigenvalue weighted by molar-refractivity contribution is 0.153. The average Bonchev–Trinajstić information content (AvgIpc) is 2.33. The summed E-state index contributed by atoms with van der Waals surface area (Å²) in [6, 6.07) is 10.3. The Morgan fingerprint density at radius 3 is 2.47 bits per heavy atom. The molecule has 19 heavy (non-hydrogen) atoms. The number of nitrogens with zero attached hydrogens (tertiary/aromatic N) is 1. The van der Waals surface area contributed by atoms with Crippen molar-refractivity contribution in [2.75, 3.05) is 20.1 Å². The van der Waals surface area contributed by atoms with Gasteiger partial charge in [0.2, 0.25) is 0 Å². The van der Waals surface area contributed by atoms with Gasteiger partial charge in [0.25, 0.3) is 0 Å². The lowest BCUT2D eigenvalue weighted by atomic mass is 9.91. The summed E-state index contributed by atoms with van der Waals surface area (Å²) in [6.45, 7) is 6.56. The summed E-state index contributed by atoms with van der Waals surface area (Å²) in [7, 11) is 2.28. The third-order valence-corrected chi connectivity index (χ3v) is 4.40. The maximum Gasteiger partial charge on any atom is 0.0332 e. The lowest BCUT2D eigenvalue weighted by Gasteiger charge is -2.35. The standard InChI is InChI=1S/C17H28N2/c1-4-18-17(15-10-8-14(2)9-11-15)12-13-19(3)16-6-5-7-16/h8-11,16-18H,4-7,12-13H2,1-3H3. The Morgan fingerprint density at radius 2 is 1.95 bits per heavy atom. The number of rotatable bonds is 7. The van der Waals surface area contributed by atoms with Crippen LogP contribution < -0.4 is 5.32 Å². The van der Waals surface area contributed by atoms with E-state index < -0.39 is 0 Å². The van der Waals surface area contributed by atoms with Gasteiger partial charge in [0, 0.05) is 12.1 Å². The molecule has 1 N–H and O–H groups in total. The minimum atomic E-state index is 0.494. The molecule has 0 saturated heterocycles. The van der Waals surface area contributed by atoms with Crippen molar-refractivity contribution in [3.8, 4) is 0 Å². The fourth-order valence-corrected chi connectivity index (χ4v) is 2.77. The summed E-state index contributed by atoms with van der Waals surface area (Å²) in [6.07, 6.45) is 5.41. The number of hydrogen-bond donors (Lipinski definition) is 1. The molecule has 0 aliphatic heterocycles. The monoisotopic (exact) mass is 260 g/mol. The molecule has 1 fully saturated rings. The van der Waals surface area contributed by atoms with Crippen molar-refractivity contribution in [3.05, 3.63) is 35.4 Å². The van der Waals surface area contributed by atoms with Crippen LogP contribution in [0.5, 0.6) is 0 Å². The van der Waals surface area contributed by atoms with Gasteiger partial charge in [0.15, 0.2) is 0 Å². The fourth-order valence-electron chi connectivity index (χ4n) is 2.77. The minimum Gasteiger partial charge on any atom is -0.310 e. The van der Waals surface area contributed by atoms with Crippen LogP contribution in [0.1, 0.15) is 49.8 Å². The average molecular weight is 260 g/mol. The van der Waals surface area contributed by atoms with Crippen LogP contribution >= 0.6 is 0 Å². The summed E-state index contributed by atoms with van der Waals surface area (Å²) in [5, 5.41) is 3.62. The molecule has 0 radical (unpaired) electrons. The largest absolute Gasteiger partial charge is 0.310 e. The molecule has 0 spiro atoms. The van der Waals surface area contributed by atoms with E-state index >= 15 is 0 Å². The summed E-state index contributed by atoms with van der Waals surface area (Å²) in [5.74, 6) is 0. The Hall–Kier alpha value is -0.860. The first-order chi connectivity index (χ1) is 9.20. The molecule has 0 aromatic heterocycles. The van der Waals surface area contributed by atoms with Crippen LogP contribution in [0.15, 0.2) is 24.3 Å². The predicted molar refractivity (Wildman–Crippen MR) is 82.5 cm³/mol. The highest BCUT2D eigenvalue weighted by Crippen LogP contribution is 2.25. The molecule has 1 aromatic rings. The van der Waals surface area contributed by atoms with Crippen LogP contribution in [-0.4, -0.2) is 31.1 Å². The molecule has 1 atom stereocenters. The molecule has 1 unspecified atom stereocenters. The first-order valence-electron chi connectivity index (χ1n) is 7.71. The number of aryl methyl sites for hydroxylation is 1. The van der Waals surface area contributed by atoms with Crippen molar-refractivity contribution in [1.29, 1.82) is 0 Å². The molecule has 1 aliphatic carbocycles. The van der Waals surface area contributed by atoms with Gasteiger partial charge in [-0.25, -0.2) is 0 Å². The van der Waals surface area contributed by atoms with E-state index in [1.165, 1.54) is 43.4 Å². The molecule has 106 valence electrons. The van der Waals surface area contributed by atoms with Crippen molar-refractivity contribution in [3.63, 3.8) is 0 Å². The topological polar surface area (TPSA) is 15.3 Å². The quantitative estimate of drug-likeness (QED) is 0.807. The maximum atomic E-state index is 3.62. The van der Waals surface area contributed by atoms with Gasteiger partial charge in [-0.1, -0.05) is 43.2 Å². The van der Waals surface area contributed by atoms with E-state index in [1.807, 2.05) is 0 Å². The second kappa shape index (κ2) is 7.06. The van der Waals surface area contributed by atoms with E-state index in [1.54, 1.807) is 0 Å². The third kappa shape index (κ3) is 4.05. The normalized spacial score (nSPS) is 17.5. The van der Waals surface area contributed by atoms with Crippen LogP contribution in [0.4, 0.5) is 0 Å². The zero-order valence-electron chi connectivity index (χ0n) is 12.7. The van der Waals surface area contributed by atoms with E-state index in [9.17, 15) is 0 Å². The van der Waals surface area contributed by atoms with Crippen LogP contribution in [0.2, 0.25) is 0 Å². The Bertz CT molecular complexity index is 367. The van der Waals surface area contributed by atoms with Gasteiger partial charge in [0.05, 0.1) is 0 Å². The highest BCUT2D eigenvalue weighted by Gasteiger charge is 2.22. The molecule has 2 nitrogen and oxygen atoms in total. The molecule has 0 bridgehead atoms. The maximum absolute atomic E-state index is 3.62. The highest BCUT2D eigenvalue weighted by atomic mass is 15.1. The summed E-state index contributed by atoms with van der Waals surface area (Å²) < 4.78 is 0. The van der Waals surface area contributed by atoms with E-state index in [4.69, 9.17) is 0 Å². The smallest absolute Gasteiger partial charge is 0.0332 e. The van der Waals surface area contributed by atoms with Gasteiger partial charge in [-0.05, 0) is 51.9 Å². The SMILES string of the molecule is CCNC(CCN(C)C1CCC1)c1ccc(C)cc1. The van der Waals surface area contributed by atoms with Gasteiger partial charge in [-0.3, -0.25) is 0 Å². The van der Waals surface area contributed by atoms with Crippen LogP contribution in [0.3, 0.4) is 0 Å². The van der Waals surface area contributed by atoms with E-state index in [-0.39, 0.29) is 0 Å². The molecule has 1 aromatic carbocycles. The van der Waals surface area contributed by atoms with Gasteiger partial charge in [0.1, 0.15) is 0 Å². The van der Waals surface area contributed by atoms with Crippen molar-refractivity contribution in [2.45, 2.75) is 51.6 Å². The summed E-state index contributed by atoms with van der Waals surface area (Å²) in [4.78, 5) is 2.54. The van der Waals surface area contributed by atoms with Crippen molar-refractivity contribution in [1.82, 2.24) is 10.2 Å². The Labute approximate surface area is 118 Å². The van der Waals surface area contributed by atoms with E-state index in [0.29, 0.717) is 6.04 Å². The van der Waals surface area contributed by atoms with Gasteiger partial charge in [-0.15, -0.1) is 0 Å². The zero-order valence-corrected chi connectivity index (χ0v) is 12.7. The Morgan fingerprint density at radius 1 is 1.26 bits per heavy atom. The van der Waals surface area contributed by atoms with Crippen molar-refractivity contribution < 1.29 is 0 Å². The molecule has 2 rings (SSSR count). The highest BCUT2D eigenvalue weighted by molar-refractivity contribution is 5.24. The number of nitrogens with one attached hydrogen (secondary N) is 1. The lowest BCUT2D eigenvalue weighted by Crippen LogP contribution is -2.39. The van der Waals surface area contributed by atoms with Crippen LogP contribution in [0, 0.1) is 6.92 Å². The molecular formula is C17H28N2. The van der Waals surface area contributed by atoms with Crippen LogP contribution in [0.25, 0.3) is 0 Å². The first kappa shape index (κ1) is 14.5. The van der Waals surface area contributed by atoms with E-state index in [2.05, 4.69) is 55.4 Å². The van der Waals surface area contributed by atoms with Crippen molar-refractivity contribution >= 4 is 0 Å². The fraction of sp³-hybridized carbons (Fsp3) is 0.647. The van der Waals surface area contributed by atoms with E-state index in [0.717, 1.165) is 12.6 Å². The summed E-state index contributed by atoms with van der Waals surface area (Å²) in [5.41, 5.74) is 2.76. The van der Waals surface area contributed by atoms with Crippen molar-refractivity contribution in [2.24, 2.45) is 0 Å². The minimum absolute atomic E-state index is 0.494. The molecule has 2 heteroatoms. The first-order valence-corrected chi connectivity index (χ1v) is 7.71. The van der Waals surface area contributed by atoms with Crippen LogP contribution in [-0.2, 0) is 0 Å². The van der Waals surface area contributed by atoms with Gasteiger partial charge < -0.3 is 10.2 Å². The second-order valence-electron chi connectivity index (χ2n) is 5.87. The Balaban J connectivity index is 1.89. The molecular weight excluding hydrogens is 232 g/mol. The molecule has 1 saturated carbocycles. The second-order valence-corrected chi connectivity index (χ2v) is 5.87. The Kier molecular flexibility index (Phi) is 5.41. The molecule has 0 amide bonds. The zero-order chi connectivity index (χ0) is 13.7. The molecule has 1 aliphatic rings. The number of hydrogen-bond acceptors (Lipinski definition) is 2. The third-order valence-electron chi connectivity index (χ3n) is 4.40. The summed E-state index contributed by atoms with van der Waals surface area (Å²) >= 11 is 0. The van der Waals surface area contributed by atoms with Gasteiger partial charge >= 0.3 is 0 Å². The van der Waals surface area contributed by atoms with Gasteiger partial charge in [-0.2, -0.15) is 0 Å². The predicted octanol–water partition coefficient (Wildman–Crippen LogP) is 3.52.